The molecule has 12 nitrogen and oxygen atoms in total. The molecule has 1 aliphatic carbocycles. The van der Waals surface area contributed by atoms with Crippen LogP contribution in [0.5, 0.6) is 0 Å². The Kier molecular flexibility index (Phi) is 37.2. The number of aliphatic hydroxyl groups is 5. The standard InChI is InChI=1S/C51H83O12P/c1-3-5-7-9-11-13-15-17-19-20-21-22-23-24-25-26-27-28-30-32-34-36-38-40-45(52)62-44(42-60-41-39-37-35-33-31-29-18-16-14-12-10-8-6-4-2)43-61-64(58,59)63-51-49(56)47(54)46(53)48(55)50(51)57/h5-8,11-14,17-19,21-22,24-25,29,33,35,44,46-51,53-57H,3-4,9-10,15-16,20,23,26-28,30-32,34,36-43H2,1-2H3,(H,58,59)/b7-5-,8-6-,13-11-,14-12-,19-17-,22-21-,25-24-,29-18-,35-33-. The summed E-state index contributed by atoms with van der Waals surface area (Å²) in [4.78, 5) is 23.2. The number of phosphoric acid groups is 1. The second kappa shape index (κ2) is 40.3. The predicted octanol–water partition coefficient (Wildman–Crippen LogP) is 10.1. The van der Waals surface area contributed by atoms with E-state index in [1.165, 1.54) is 0 Å². The molecule has 0 radical (unpaired) electrons. The Bertz CT molecular complexity index is 1470. The van der Waals surface area contributed by atoms with Crippen molar-refractivity contribution in [1.82, 2.24) is 0 Å². The molecule has 0 aromatic rings. The van der Waals surface area contributed by atoms with Crippen LogP contribution >= 0.6 is 7.82 Å². The Morgan fingerprint density at radius 1 is 0.500 bits per heavy atom. The highest BCUT2D eigenvalue weighted by molar-refractivity contribution is 7.47. The molecule has 0 aliphatic heterocycles. The Morgan fingerprint density at radius 2 is 0.875 bits per heavy atom. The van der Waals surface area contributed by atoms with E-state index in [1.807, 2.05) is 0 Å². The number of hydrogen-bond donors (Lipinski definition) is 6. The summed E-state index contributed by atoms with van der Waals surface area (Å²) >= 11 is 0. The van der Waals surface area contributed by atoms with Crippen molar-refractivity contribution < 1.29 is 58.3 Å². The maximum atomic E-state index is 12.8. The van der Waals surface area contributed by atoms with Gasteiger partial charge in [0.15, 0.2) is 0 Å². The van der Waals surface area contributed by atoms with E-state index in [0.717, 1.165) is 109 Å². The summed E-state index contributed by atoms with van der Waals surface area (Å²) in [6.45, 7) is 3.86. The van der Waals surface area contributed by atoms with Crippen molar-refractivity contribution in [3.05, 3.63) is 109 Å². The summed E-state index contributed by atoms with van der Waals surface area (Å²) in [5.41, 5.74) is 0. The summed E-state index contributed by atoms with van der Waals surface area (Å²) < 4.78 is 34.1. The molecule has 0 amide bonds. The number of aliphatic hydroxyl groups excluding tert-OH is 5. The van der Waals surface area contributed by atoms with Gasteiger partial charge in [-0.2, -0.15) is 0 Å². The summed E-state index contributed by atoms with van der Waals surface area (Å²) in [6, 6.07) is 0. The zero-order chi connectivity index (χ0) is 46.9. The summed E-state index contributed by atoms with van der Waals surface area (Å²) in [7, 11) is -5.05. The van der Waals surface area contributed by atoms with Gasteiger partial charge in [-0.3, -0.25) is 13.8 Å². The molecule has 0 aromatic heterocycles. The first-order chi connectivity index (χ1) is 31.0. The van der Waals surface area contributed by atoms with E-state index in [-0.39, 0.29) is 13.0 Å². The molecule has 6 atom stereocenters. The Labute approximate surface area is 385 Å². The lowest BCUT2D eigenvalue weighted by atomic mass is 9.85. The smallest absolute Gasteiger partial charge is 0.457 e. The normalized spacial score (nSPS) is 22.7. The highest BCUT2D eigenvalue weighted by Crippen LogP contribution is 2.47. The topological polar surface area (TPSA) is 192 Å². The van der Waals surface area contributed by atoms with Crippen LogP contribution < -0.4 is 0 Å². The van der Waals surface area contributed by atoms with E-state index in [9.17, 15) is 39.8 Å². The van der Waals surface area contributed by atoms with Crippen LogP contribution in [-0.2, 0) is 27.9 Å². The molecule has 64 heavy (non-hydrogen) atoms. The molecule has 1 aliphatic rings. The molecule has 1 fully saturated rings. The van der Waals surface area contributed by atoms with Gasteiger partial charge in [-0.15, -0.1) is 0 Å². The first-order valence-electron chi connectivity index (χ1n) is 23.7. The molecule has 0 spiro atoms. The van der Waals surface area contributed by atoms with Crippen molar-refractivity contribution in [3.63, 3.8) is 0 Å². The van der Waals surface area contributed by atoms with E-state index in [0.29, 0.717) is 19.4 Å². The lowest BCUT2D eigenvalue weighted by Gasteiger charge is -2.41. The van der Waals surface area contributed by atoms with Gasteiger partial charge in [-0.1, -0.05) is 155 Å². The van der Waals surface area contributed by atoms with Crippen LogP contribution in [0.25, 0.3) is 0 Å². The molecule has 6 N–H and O–H groups in total. The molecular formula is C51H83O12P. The van der Waals surface area contributed by atoms with Crippen molar-refractivity contribution in [2.75, 3.05) is 19.8 Å². The third-order valence-electron chi connectivity index (χ3n) is 10.1. The van der Waals surface area contributed by atoms with E-state index < -0.39 is 63.1 Å². The van der Waals surface area contributed by atoms with Gasteiger partial charge < -0.3 is 39.9 Å². The first kappa shape index (κ1) is 59.0. The van der Waals surface area contributed by atoms with Crippen molar-refractivity contribution >= 4 is 13.8 Å². The average Bonchev–Trinajstić information content (AvgIpc) is 3.28. The Hall–Kier alpha value is -3.00. The Morgan fingerprint density at radius 3 is 1.33 bits per heavy atom. The molecule has 364 valence electrons. The second-order valence-electron chi connectivity index (χ2n) is 15.8. The number of unbranched alkanes of at least 4 members (excludes halogenated alkanes) is 8. The van der Waals surface area contributed by atoms with E-state index in [4.69, 9.17) is 18.5 Å². The van der Waals surface area contributed by atoms with Crippen LogP contribution in [0.2, 0.25) is 0 Å². The van der Waals surface area contributed by atoms with Crippen LogP contribution in [0, 0.1) is 0 Å². The van der Waals surface area contributed by atoms with Gasteiger partial charge in [0.05, 0.1) is 13.2 Å². The summed E-state index contributed by atoms with van der Waals surface area (Å²) in [5.74, 6) is -0.513. The molecule has 6 unspecified atom stereocenters. The zero-order valence-corrected chi connectivity index (χ0v) is 39.7. The number of carbonyl (C=O) groups is 1. The van der Waals surface area contributed by atoms with Gasteiger partial charge in [0.1, 0.15) is 42.7 Å². The number of phosphoric ester groups is 1. The average molecular weight is 919 g/mol. The molecule has 0 bridgehead atoms. The summed E-state index contributed by atoms with van der Waals surface area (Å²) in [5, 5.41) is 50.2. The molecular weight excluding hydrogens is 836 g/mol. The first-order valence-corrected chi connectivity index (χ1v) is 25.2. The number of ether oxygens (including phenoxy) is 2. The van der Waals surface area contributed by atoms with Gasteiger partial charge in [-0.05, 0) is 89.9 Å². The molecule has 0 aromatic carbocycles. The number of hydrogen-bond acceptors (Lipinski definition) is 11. The van der Waals surface area contributed by atoms with Crippen LogP contribution in [-0.4, -0.2) is 98.9 Å². The van der Waals surface area contributed by atoms with Gasteiger partial charge in [0, 0.05) is 13.0 Å². The zero-order valence-electron chi connectivity index (χ0n) is 38.8. The third kappa shape index (κ3) is 31.8. The van der Waals surface area contributed by atoms with E-state index in [2.05, 4.69) is 123 Å². The van der Waals surface area contributed by atoms with E-state index in [1.54, 1.807) is 0 Å². The number of allylic oxidation sites excluding steroid dienone is 18. The SMILES string of the molecule is CC/C=C\C/C=C\C/C=C\C/C=C\C/C=C\CCCCCCCCCC(=O)OC(COCCC/C=C\C/C=C\C/C=C\C/C=C\CC)COP(=O)(O)OC1C(O)C(O)C(O)C(O)C1O. The molecule has 0 heterocycles. The van der Waals surface area contributed by atoms with Gasteiger partial charge >= 0.3 is 13.8 Å². The minimum atomic E-state index is -5.05. The van der Waals surface area contributed by atoms with Crippen LogP contribution in [0.15, 0.2) is 109 Å². The predicted molar refractivity (Wildman–Crippen MR) is 257 cm³/mol. The highest BCUT2D eigenvalue weighted by Gasteiger charge is 2.51. The maximum absolute atomic E-state index is 12.8. The van der Waals surface area contributed by atoms with Crippen molar-refractivity contribution in [2.45, 2.75) is 185 Å². The fourth-order valence-electron chi connectivity index (χ4n) is 6.44. The van der Waals surface area contributed by atoms with Crippen molar-refractivity contribution in [2.24, 2.45) is 0 Å². The Balaban J connectivity index is 2.41. The molecule has 0 saturated heterocycles. The van der Waals surface area contributed by atoms with E-state index >= 15 is 0 Å². The lowest BCUT2D eigenvalue weighted by molar-refractivity contribution is -0.220. The number of carbonyl (C=O) groups excluding carboxylic acids is 1. The minimum absolute atomic E-state index is 0.127. The van der Waals surface area contributed by atoms with Crippen LogP contribution in [0.3, 0.4) is 0 Å². The summed E-state index contributed by atoms with van der Waals surface area (Å²) in [6.07, 6.45) is 44.5. The highest BCUT2D eigenvalue weighted by atomic mass is 31.2. The van der Waals surface area contributed by atoms with Crippen LogP contribution in [0.4, 0.5) is 0 Å². The van der Waals surface area contributed by atoms with Crippen molar-refractivity contribution in [1.29, 1.82) is 0 Å². The third-order valence-corrected chi connectivity index (χ3v) is 11.1. The molecule has 1 rings (SSSR count). The van der Waals surface area contributed by atoms with Crippen LogP contribution in [0.1, 0.15) is 142 Å². The van der Waals surface area contributed by atoms with Gasteiger partial charge in [-0.25, -0.2) is 4.57 Å². The monoisotopic (exact) mass is 919 g/mol. The fourth-order valence-corrected chi connectivity index (χ4v) is 7.42. The van der Waals surface area contributed by atoms with Gasteiger partial charge in [0.25, 0.3) is 0 Å². The van der Waals surface area contributed by atoms with Gasteiger partial charge in [0.2, 0.25) is 0 Å². The lowest BCUT2D eigenvalue weighted by Crippen LogP contribution is -2.64. The fraction of sp³-hybridized carbons (Fsp3) is 0.627. The largest absolute Gasteiger partial charge is 0.472 e. The number of rotatable bonds is 38. The van der Waals surface area contributed by atoms with Crippen molar-refractivity contribution in [3.8, 4) is 0 Å². The second-order valence-corrected chi connectivity index (χ2v) is 17.2. The molecule has 1 saturated carbocycles. The number of esters is 1. The minimum Gasteiger partial charge on any atom is -0.457 e. The quantitative estimate of drug-likeness (QED) is 0.0149. The maximum Gasteiger partial charge on any atom is 0.472 e. The molecule has 13 heteroatoms.